The Morgan fingerprint density at radius 3 is 2.88 bits per heavy atom. The second-order valence-electron chi connectivity index (χ2n) is 7.40. The van der Waals surface area contributed by atoms with Crippen LogP contribution in [0.2, 0.25) is 0 Å². The maximum atomic E-state index is 12.2. The first kappa shape index (κ1) is 15.9. The Bertz CT molecular complexity index is 763. The first-order chi connectivity index (χ1) is 11.4. The Labute approximate surface area is 149 Å². The Morgan fingerprint density at radius 1 is 1.46 bits per heavy atom. The zero-order valence-corrected chi connectivity index (χ0v) is 15.6. The number of nitrogens with zero attached hydrogens (tertiary/aromatic N) is 4. The van der Waals surface area contributed by atoms with E-state index in [1.54, 1.807) is 7.05 Å². The summed E-state index contributed by atoms with van der Waals surface area (Å²) in [5, 5.41) is 4.80. The number of carbonyl (C=O) groups is 1. The van der Waals surface area contributed by atoms with Crippen LogP contribution in [0, 0.1) is 11.8 Å². The van der Waals surface area contributed by atoms with Crippen LogP contribution < -0.4 is 5.73 Å². The van der Waals surface area contributed by atoms with Crippen molar-refractivity contribution >= 4 is 33.9 Å². The van der Waals surface area contributed by atoms with E-state index >= 15 is 0 Å². The van der Waals surface area contributed by atoms with Gasteiger partial charge in [-0.25, -0.2) is 4.99 Å². The van der Waals surface area contributed by atoms with Gasteiger partial charge in [-0.2, -0.15) is 5.10 Å². The lowest BCUT2D eigenvalue weighted by atomic mass is 9.76. The van der Waals surface area contributed by atoms with Gasteiger partial charge < -0.3 is 5.73 Å². The maximum Gasteiger partial charge on any atom is 0.231 e. The third-order valence-corrected chi connectivity index (χ3v) is 6.27. The number of hydrogen-bond donors (Lipinski definition) is 1. The standard InChI is InChI=1S/C17H22BrN5O/c1-17(8-14(24)22(2)16(19)20-17)11-5-6-12-13(7-11)21-23(15(12)18)9-10-3-4-10/h5-6,10-11H,3-4,7-9H2,1-2H3,(H2,19,20)/t11?,17-/m0/s1. The molecule has 24 heavy (non-hydrogen) atoms. The number of guanidine groups is 1. The van der Waals surface area contributed by atoms with E-state index in [9.17, 15) is 4.79 Å². The summed E-state index contributed by atoms with van der Waals surface area (Å²) in [6, 6.07) is 0. The molecule has 2 aliphatic carbocycles. The Morgan fingerprint density at radius 2 is 2.21 bits per heavy atom. The minimum Gasteiger partial charge on any atom is -0.369 e. The summed E-state index contributed by atoms with van der Waals surface area (Å²) in [6.07, 6.45) is 8.04. The minimum absolute atomic E-state index is 0.0182. The number of amides is 1. The van der Waals surface area contributed by atoms with Crippen molar-refractivity contribution in [1.82, 2.24) is 14.7 Å². The molecule has 7 heteroatoms. The summed E-state index contributed by atoms with van der Waals surface area (Å²) in [4.78, 5) is 18.3. The molecular formula is C17H22BrN5O. The van der Waals surface area contributed by atoms with Crippen LogP contribution in [0.1, 0.15) is 37.4 Å². The quantitative estimate of drug-likeness (QED) is 0.857. The van der Waals surface area contributed by atoms with E-state index < -0.39 is 5.54 Å². The average Bonchev–Trinajstić information content (AvgIpc) is 3.29. The molecule has 3 aliphatic rings. The van der Waals surface area contributed by atoms with Crippen LogP contribution in [0.15, 0.2) is 15.7 Å². The number of aliphatic imine (C=N–C) groups is 1. The van der Waals surface area contributed by atoms with Crippen LogP contribution in [-0.2, 0) is 17.8 Å². The summed E-state index contributed by atoms with van der Waals surface area (Å²) in [5.41, 5.74) is 7.67. The van der Waals surface area contributed by atoms with Crippen LogP contribution in [0.4, 0.5) is 0 Å². The predicted octanol–water partition coefficient (Wildman–Crippen LogP) is 2.18. The van der Waals surface area contributed by atoms with Gasteiger partial charge in [-0.3, -0.25) is 14.4 Å². The molecule has 1 aliphatic heterocycles. The van der Waals surface area contributed by atoms with E-state index in [0.717, 1.165) is 34.7 Å². The Kier molecular flexibility index (Phi) is 3.60. The van der Waals surface area contributed by atoms with Gasteiger partial charge in [0.25, 0.3) is 0 Å². The molecule has 0 spiro atoms. The highest BCUT2D eigenvalue weighted by Gasteiger charge is 2.41. The van der Waals surface area contributed by atoms with E-state index in [0.29, 0.717) is 12.4 Å². The molecule has 1 saturated carbocycles. The van der Waals surface area contributed by atoms with Crippen LogP contribution in [-0.4, -0.2) is 39.1 Å². The maximum absolute atomic E-state index is 12.2. The molecule has 1 unspecified atom stereocenters. The summed E-state index contributed by atoms with van der Waals surface area (Å²) in [5.74, 6) is 1.21. The molecule has 1 aromatic heterocycles. The molecule has 1 aromatic rings. The first-order valence-electron chi connectivity index (χ1n) is 8.42. The van der Waals surface area contributed by atoms with E-state index in [1.807, 2.05) is 6.92 Å². The van der Waals surface area contributed by atoms with Crippen LogP contribution in [0.25, 0.3) is 6.08 Å². The van der Waals surface area contributed by atoms with Crippen molar-refractivity contribution in [3.8, 4) is 0 Å². The van der Waals surface area contributed by atoms with Crippen molar-refractivity contribution in [3.05, 3.63) is 21.9 Å². The predicted molar refractivity (Wildman–Crippen MR) is 96.3 cm³/mol. The molecule has 6 nitrogen and oxygen atoms in total. The van der Waals surface area contributed by atoms with Crippen LogP contribution in [0.3, 0.4) is 0 Å². The number of rotatable bonds is 3. The zero-order chi connectivity index (χ0) is 17.1. The summed E-state index contributed by atoms with van der Waals surface area (Å²) in [6.45, 7) is 3.00. The normalized spacial score (nSPS) is 29.6. The van der Waals surface area contributed by atoms with Crippen LogP contribution in [0.5, 0.6) is 0 Å². The third kappa shape index (κ3) is 2.59. The Balaban J connectivity index is 1.61. The Hall–Kier alpha value is -1.63. The number of hydrogen-bond acceptors (Lipinski definition) is 4. The second kappa shape index (κ2) is 5.44. The average molecular weight is 392 g/mol. The van der Waals surface area contributed by atoms with Gasteiger partial charge in [0.05, 0.1) is 17.7 Å². The van der Waals surface area contributed by atoms with Gasteiger partial charge in [-0.15, -0.1) is 0 Å². The molecule has 0 radical (unpaired) electrons. The lowest BCUT2D eigenvalue weighted by molar-refractivity contribution is -0.128. The molecule has 4 rings (SSSR count). The van der Waals surface area contributed by atoms with Gasteiger partial charge in [0.1, 0.15) is 4.60 Å². The van der Waals surface area contributed by atoms with E-state index in [2.05, 4.69) is 37.8 Å². The molecular weight excluding hydrogens is 370 g/mol. The topological polar surface area (TPSA) is 76.5 Å². The highest BCUT2D eigenvalue weighted by atomic mass is 79.9. The molecule has 2 atom stereocenters. The van der Waals surface area contributed by atoms with Gasteiger partial charge in [-0.05, 0) is 41.6 Å². The first-order valence-corrected chi connectivity index (χ1v) is 9.22. The SMILES string of the molecule is CN1C(=O)C[C@@](C)(C2C=Cc3c(nn(CC4CC4)c3Br)C2)N=C1N. The number of fused-ring (bicyclic) bond motifs is 1. The van der Waals surface area contributed by atoms with Crippen LogP contribution >= 0.6 is 15.9 Å². The highest BCUT2D eigenvalue weighted by molar-refractivity contribution is 9.10. The number of aromatic nitrogens is 2. The van der Waals surface area contributed by atoms with Crippen molar-refractivity contribution in [3.63, 3.8) is 0 Å². The van der Waals surface area contributed by atoms with Crippen molar-refractivity contribution in [2.24, 2.45) is 22.6 Å². The lowest BCUT2D eigenvalue weighted by Gasteiger charge is -2.38. The fourth-order valence-electron chi connectivity index (χ4n) is 3.54. The molecule has 0 aromatic carbocycles. The molecule has 1 amide bonds. The van der Waals surface area contributed by atoms with E-state index in [-0.39, 0.29) is 11.8 Å². The van der Waals surface area contributed by atoms with Gasteiger partial charge in [0.15, 0.2) is 5.96 Å². The number of halogens is 1. The van der Waals surface area contributed by atoms with E-state index in [1.165, 1.54) is 17.7 Å². The number of nitrogens with two attached hydrogens (primary N) is 1. The lowest BCUT2D eigenvalue weighted by Crippen LogP contribution is -2.51. The molecule has 2 N–H and O–H groups in total. The second-order valence-corrected chi connectivity index (χ2v) is 8.15. The molecule has 0 bridgehead atoms. The van der Waals surface area contributed by atoms with Gasteiger partial charge in [-0.1, -0.05) is 12.2 Å². The smallest absolute Gasteiger partial charge is 0.231 e. The molecule has 128 valence electrons. The van der Waals surface area contributed by atoms with Crippen molar-refractivity contribution in [2.45, 2.75) is 44.7 Å². The fraction of sp³-hybridized carbons (Fsp3) is 0.588. The van der Waals surface area contributed by atoms with Crippen molar-refractivity contribution in [1.29, 1.82) is 0 Å². The van der Waals surface area contributed by atoms with Crippen molar-refractivity contribution in [2.75, 3.05) is 7.05 Å². The van der Waals surface area contributed by atoms with Gasteiger partial charge in [0, 0.05) is 31.5 Å². The fourth-order valence-corrected chi connectivity index (χ4v) is 4.13. The summed E-state index contributed by atoms with van der Waals surface area (Å²) < 4.78 is 3.14. The third-order valence-electron chi connectivity index (χ3n) is 5.43. The molecule has 2 heterocycles. The molecule has 1 fully saturated rings. The summed E-state index contributed by atoms with van der Waals surface area (Å²) in [7, 11) is 1.67. The van der Waals surface area contributed by atoms with Gasteiger partial charge in [0.2, 0.25) is 5.91 Å². The monoisotopic (exact) mass is 391 g/mol. The van der Waals surface area contributed by atoms with Gasteiger partial charge >= 0.3 is 0 Å². The highest BCUT2D eigenvalue weighted by Crippen LogP contribution is 2.39. The largest absolute Gasteiger partial charge is 0.369 e. The minimum atomic E-state index is -0.505. The van der Waals surface area contributed by atoms with E-state index in [4.69, 9.17) is 10.8 Å². The zero-order valence-electron chi connectivity index (χ0n) is 14.0. The summed E-state index contributed by atoms with van der Waals surface area (Å²) >= 11 is 3.69. The number of carbonyl (C=O) groups excluding carboxylic acids is 1. The molecule has 0 saturated heterocycles. The van der Waals surface area contributed by atoms with Crippen molar-refractivity contribution < 1.29 is 4.79 Å².